The first-order chi connectivity index (χ1) is 14.3. The van der Waals surface area contributed by atoms with Crippen LogP contribution in [0.15, 0.2) is 59.8 Å². The van der Waals surface area contributed by atoms with Gasteiger partial charge in [0.25, 0.3) is 0 Å². The molecule has 0 aliphatic rings. The fraction of sp³-hybridized carbons (Fsp3) is 0.250. The molecule has 2 aromatic carbocycles. The first-order valence-electron chi connectivity index (χ1n) is 8.74. The van der Waals surface area contributed by atoms with Crippen LogP contribution < -0.4 is 0 Å². The number of hydrogen-bond acceptors (Lipinski definition) is 9. The minimum atomic E-state index is -4.01. The Morgan fingerprint density at radius 2 is 1.47 bits per heavy atom. The molecule has 0 atom stereocenters. The Hall–Kier alpha value is -2.30. The Labute approximate surface area is 184 Å². The predicted molar refractivity (Wildman–Crippen MR) is 119 cm³/mol. The van der Waals surface area contributed by atoms with Gasteiger partial charge in [-0.15, -0.1) is 0 Å². The van der Waals surface area contributed by atoms with Crippen molar-refractivity contribution in [1.82, 2.24) is 0 Å². The lowest BCUT2D eigenvalue weighted by molar-refractivity contribution is -0.132. The highest BCUT2D eigenvalue weighted by Crippen LogP contribution is 2.19. The minimum absolute atomic E-state index is 0.0516. The van der Waals surface area contributed by atoms with Crippen molar-refractivity contribution >= 4 is 49.8 Å². The SMILES string of the molecule is COC(=O)C(=NOS(=O)(=O)Cc1ccccc1)SCc1ccc(CSC(C)=O)cc1. The smallest absolute Gasteiger partial charge is 0.366 e. The van der Waals surface area contributed by atoms with E-state index in [0.717, 1.165) is 22.9 Å². The molecule has 0 radical (unpaired) electrons. The number of rotatable bonds is 8. The maximum Gasteiger partial charge on any atom is 0.366 e. The average Bonchev–Trinajstić information content (AvgIpc) is 2.73. The van der Waals surface area contributed by atoms with E-state index in [1.807, 2.05) is 24.3 Å². The summed E-state index contributed by atoms with van der Waals surface area (Å²) in [6, 6.07) is 16.0. The quantitative estimate of drug-likeness (QED) is 0.251. The van der Waals surface area contributed by atoms with E-state index in [4.69, 9.17) is 0 Å². The number of carbonyl (C=O) groups excluding carboxylic acids is 2. The molecule has 0 fully saturated rings. The number of oxime groups is 1. The third-order valence-corrected chi connectivity index (χ3v) is 6.49. The van der Waals surface area contributed by atoms with E-state index in [1.165, 1.54) is 25.8 Å². The molecule has 0 aliphatic heterocycles. The van der Waals surface area contributed by atoms with E-state index in [2.05, 4.69) is 14.2 Å². The summed E-state index contributed by atoms with van der Waals surface area (Å²) < 4.78 is 33.6. The summed E-state index contributed by atoms with van der Waals surface area (Å²) >= 11 is 2.23. The summed E-state index contributed by atoms with van der Waals surface area (Å²) in [6.45, 7) is 1.52. The summed E-state index contributed by atoms with van der Waals surface area (Å²) in [5.41, 5.74) is 2.43. The number of hydrogen-bond donors (Lipinski definition) is 0. The fourth-order valence-corrected chi connectivity index (χ4v) is 4.41. The molecule has 7 nitrogen and oxygen atoms in total. The second kappa shape index (κ2) is 11.8. The number of ether oxygens (including phenoxy) is 1. The van der Waals surface area contributed by atoms with Crippen molar-refractivity contribution in [2.75, 3.05) is 7.11 Å². The van der Waals surface area contributed by atoms with Crippen LogP contribution in [0.4, 0.5) is 0 Å². The molecule has 0 spiro atoms. The molecule has 0 saturated heterocycles. The van der Waals surface area contributed by atoms with Gasteiger partial charge in [-0.2, -0.15) is 8.42 Å². The molecule has 30 heavy (non-hydrogen) atoms. The average molecular weight is 468 g/mol. The van der Waals surface area contributed by atoms with Gasteiger partial charge in [-0.05, 0) is 16.7 Å². The number of carbonyl (C=O) groups is 2. The molecule has 0 aliphatic carbocycles. The summed E-state index contributed by atoms with van der Waals surface area (Å²) in [4.78, 5) is 23.0. The summed E-state index contributed by atoms with van der Waals surface area (Å²) in [7, 11) is -2.83. The van der Waals surface area contributed by atoms with Crippen molar-refractivity contribution < 1.29 is 27.0 Å². The van der Waals surface area contributed by atoms with Crippen molar-refractivity contribution in [3.05, 3.63) is 71.3 Å². The van der Waals surface area contributed by atoms with E-state index in [-0.39, 0.29) is 15.9 Å². The Bertz CT molecular complexity index is 989. The molecule has 0 N–H and O–H groups in total. The van der Waals surface area contributed by atoms with Gasteiger partial charge in [0.15, 0.2) is 5.12 Å². The number of esters is 1. The van der Waals surface area contributed by atoms with Gasteiger partial charge in [0.05, 0.1) is 7.11 Å². The molecule has 160 valence electrons. The molecule has 0 bridgehead atoms. The molecule has 0 heterocycles. The zero-order valence-corrected chi connectivity index (χ0v) is 18.9. The second-order valence-corrected chi connectivity index (χ2v) is 9.71. The maximum atomic E-state index is 12.1. The van der Waals surface area contributed by atoms with E-state index in [0.29, 0.717) is 17.1 Å². The predicted octanol–water partition coefficient (Wildman–Crippen LogP) is 3.73. The van der Waals surface area contributed by atoms with E-state index in [9.17, 15) is 18.0 Å². The van der Waals surface area contributed by atoms with Gasteiger partial charge in [-0.1, -0.05) is 83.3 Å². The second-order valence-electron chi connectivity index (χ2n) is 6.04. The zero-order chi connectivity index (χ0) is 22.0. The number of thioether (sulfide) groups is 2. The van der Waals surface area contributed by atoms with Gasteiger partial charge in [-0.3, -0.25) is 9.08 Å². The van der Waals surface area contributed by atoms with Crippen LogP contribution in [0.2, 0.25) is 0 Å². The number of nitrogens with zero attached hydrogens (tertiary/aromatic N) is 1. The van der Waals surface area contributed by atoms with Crippen LogP contribution in [0.3, 0.4) is 0 Å². The van der Waals surface area contributed by atoms with E-state index in [1.54, 1.807) is 30.3 Å². The molecule has 0 unspecified atom stereocenters. The Morgan fingerprint density at radius 3 is 2.00 bits per heavy atom. The van der Waals surface area contributed by atoms with Crippen molar-refractivity contribution in [3.8, 4) is 0 Å². The van der Waals surface area contributed by atoms with Gasteiger partial charge in [-0.25, -0.2) is 4.79 Å². The molecular weight excluding hydrogens is 446 g/mol. The van der Waals surface area contributed by atoms with Crippen LogP contribution >= 0.6 is 23.5 Å². The largest absolute Gasteiger partial charge is 0.464 e. The first kappa shape index (κ1) is 24.0. The normalized spacial score (nSPS) is 11.7. The maximum absolute atomic E-state index is 12.1. The van der Waals surface area contributed by atoms with Gasteiger partial charge in [0.2, 0.25) is 5.04 Å². The van der Waals surface area contributed by atoms with Gasteiger partial charge >= 0.3 is 16.1 Å². The Balaban J connectivity index is 2.00. The van der Waals surface area contributed by atoms with Crippen LogP contribution in [-0.4, -0.2) is 31.7 Å². The van der Waals surface area contributed by atoms with Crippen LogP contribution in [0, 0.1) is 0 Å². The van der Waals surface area contributed by atoms with Crippen molar-refractivity contribution in [3.63, 3.8) is 0 Å². The van der Waals surface area contributed by atoms with Gasteiger partial charge in [0, 0.05) is 18.4 Å². The minimum Gasteiger partial charge on any atom is -0.464 e. The summed E-state index contributed by atoms with van der Waals surface area (Å²) in [5, 5.41) is 3.37. The van der Waals surface area contributed by atoms with Crippen molar-refractivity contribution in [1.29, 1.82) is 0 Å². The molecule has 0 amide bonds. The number of methoxy groups -OCH3 is 1. The highest BCUT2D eigenvalue weighted by molar-refractivity contribution is 8.15. The number of benzene rings is 2. The third kappa shape index (κ3) is 8.60. The molecule has 2 aromatic rings. The Morgan fingerprint density at radius 1 is 0.900 bits per heavy atom. The highest BCUT2D eigenvalue weighted by atomic mass is 32.2. The fourth-order valence-electron chi connectivity index (χ4n) is 2.17. The Kier molecular flexibility index (Phi) is 9.41. The van der Waals surface area contributed by atoms with Crippen LogP contribution in [0.1, 0.15) is 23.6 Å². The zero-order valence-electron chi connectivity index (χ0n) is 16.4. The standard InChI is InChI=1S/C20H21NO6S3/c1-15(22)28-12-16-8-10-17(11-9-16)13-29-19(20(23)26-2)21-27-30(24,25)14-18-6-4-3-5-7-18/h3-11H,12-14H2,1-2H3. The van der Waals surface area contributed by atoms with E-state index >= 15 is 0 Å². The topological polar surface area (TPSA) is 99.1 Å². The van der Waals surface area contributed by atoms with Gasteiger partial charge < -0.3 is 4.74 Å². The third-order valence-electron chi connectivity index (χ3n) is 3.62. The lowest BCUT2D eigenvalue weighted by Gasteiger charge is -2.06. The van der Waals surface area contributed by atoms with Crippen molar-refractivity contribution in [2.24, 2.45) is 5.16 Å². The molecule has 10 heteroatoms. The van der Waals surface area contributed by atoms with Gasteiger partial charge in [0.1, 0.15) is 5.75 Å². The molecular formula is C20H21NO6S3. The summed E-state index contributed by atoms with van der Waals surface area (Å²) in [5.74, 6) is -0.207. The molecule has 2 rings (SSSR count). The molecule has 0 aromatic heterocycles. The van der Waals surface area contributed by atoms with Crippen LogP contribution in [0.25, 0.3) is 0 Å². The monoisotopic (exact) mass is 467 g/mol. The first-order valence-corrected chi connectivity index (χ1v) is 12.3. The summed E-state index contributed by atoms with van der Waals surface area (Å²) in [6.07, 6.45) is 0. The lowest BCUT2D eigenvalue weighted by atomic mass is 10.2. The highest BCUT2D eigenvalue weighted by Gasteiger charge is 2.18. The van der Waals surface area contributed by atoms with Crippen molar-refractivity contribution in [2.45, 2.75) is 24.2 Å². The lowest BCUT2D eigenvalue weighted by Crippen LogP contribution is -2.15. The van der Waals surface area contributed by atoms with E-state index < -0.39 is 16.1 Å². The van der Waals surface area contributed by atoms with Crippen LogP contribution in [0.5, 0.6) is 0 Å². The van der Waals surface area contributed by atoms with Crippen LogP contribution in [-0.2, 0) is 46.0 Å². The molecule has 0 saturated carbocycles.